The lowest BCUT2D eigenvalue weighted by molar-refractivity contribution is -0.384. The summed E-state index contributed by atoms with van der Waals surface area (Å²) < 4.78 is 5.10. The van der Waals surface area contributed by atoms with Crippen LogP contribution in [0.25, 0.3) is 0 Å². The average Bonchev–Trinajstić information content (AvgIpc) is 2.36. The van der Waals surface area contributed by atoms with Crippen LogP contribution in [0.3, 0.4) is 0 Å². The SMILES string of the molecule is CC(C)(C)OC(=O)CCNC(=O)c1cccc([N+](=O)[O-])c1. The molecule has 0 fully saturated rings. The molecule has 21 heavy (non-hydrogen) atoms. The summed E-state index contributed by atoms with van der Waals surface area (Å²) in [5.74, 6) is -0.885. The first-order valence-electron chi connectivity index (χ1n) is 6.43. The van der Waals surface area contributed by atoms with E-state index < -0.39 is 22.4 Å². The molecule has 7 nitrogen and oxygen atoms in total. The second kappa shape index (κ2) is 6.83. The van der Waals surface area contributed by atoms with Gasteiger partial charge in [0, 0.05) is 24.2 Å². The van der Waals surface area contributed by atoms with E-state index in [4.69, 9.17) is 4.74 Å². The molecule has 0 saturated carbocycles. The molecule has 0 bridgehead atoms. The van der Waals surface area contributed by atoms with Gasteiger partial charge in [0.05, 0.1) is 11.3 Å². The molecule has 114 valence electrons. The van der Waals surface area contributed by atoms with Crippen LogP contribution in [0.1, 0.15) is 37.6 Å². The Morgan fingerprint density at radius 2 is 2.00 bits per heavy atom. The van der Waals surface area contributed by atoms with Gasteiger partial charge in [0.1, 0.15) is 5.60 Å². The van der Waals surface area contributed by atoms with Gasteiger partial charge in [-0.2, -0.15) is 0 Å². The molecule has 0 heterocycles. The molecule has 0 unspecified atom stereocenters. The molecule has 0 spiro atoms. The molecule has 0 saturated heterocycles. The van der Waals surface area contributed by atoms with Gasteiger partial charge in [0.2, 0.25) is 0 Å². The Bertz CT molecular complexity index is 549. The van der Waals surface area contributed by atoms with Crippen molar-refractivity contribution in [2.24, 2.45) is 0 Å². The number of nitro benzene ring substituents is 1. The van der Waals surface area contributed by atoms with E-state index in [-0.39, 0.29) is 24.2 Å². The summed E-state index contributed by atoms with van der Waals surface area (Å²) >= 11 is 0. The quantitative estimate of drug-likeness (QED) is 0.509. The van der Waals surface area contributed by atoms with Crippen molar-refractivity contribution in [1.82, 2.24) is 5.32 Å². The van der Waals surface area contributed by atoms with Crippen LogP contribution in [0.5, 0.6) is 0 Å². The Balaban J connectivity index is 2.49. The summed E-state index contributed by atoms with van der Waals surface area (Å²) in [6, 6.07) is 5.39. The largest absolute Gasteiger partial charge is 0.460 e. The number of hydrogen-bond donors (Lipinski definition) is 1. The van der Waals surface area contributed by atoms with E-state index in [0.717, 1.165) is 0 Å². The normalized spacial score (nSPS) is 10.8. The van der Waals surface area contributed by atoms with E-state index in [1.807, 2.05) is 0 Å². The number of ether oxygens (including phenoxy) is 1. The summed E-state index contributed by atoms with van der Waals surface area (Å²) in [7, 11) is 0. The van der Waals surface area contributed by atoms with Crippen molar-refractivity contribution in [1.29, 1.82) is 0 Å². The first-order valence-corrected chi connectivity index (χ1v) is 6.43. The highest BCUT2D eigenvalue weighted by Gasteiger charge is 2.16. The van der Waals surface area contributed by atoms with E-state index in [2.05, 4.69) is 5.32 Å². The number of nitrogens with zero attached hydrogens (tertiary/aromatic N) is 1. The van der Waals surface area contributed by atoms with Crippen molar-refractivity contribution in [3.8, 4) is 0 Å². The molecule has 0 aliphatic heterocycles. The van der Waals surface area contributed by atoms with Crippen molar-refractivity contribution >= 4 is 17.6 Å². The summed E-state index contributed by atoms with van der Waals surface area (Å²) in [6.07, 6.45) is 0.0396. The predicted octanol–water partition coefficient (Wildman–Crippen LogP) is 2.06. The van der Waals surface area contributed by atoms with E-state index in [1.54, 1.807) is 20.8 Å². The lowest BCUT2D eigenvalue weighted by Gasteiger charge is -2.19. The van der Waals surface area contributed by atoms with Crippen LogP contribution < -0.4 is 5.32 Å². The molecule has 0 aliphatic carbocycles. The standard InChI is InChI=1S/C14H18N2O5/c1-14(2,3)21-12(17)7-8-15-13(18)10-5-4-6-11(9-10)16(19)20/h4-6,9H,7-8H2,1-3H3,(H,15,18). The third kappa shape index (κ3) is 6.03. The second-order valence-corrected chi connectivity index (χ2v) is 5.40. The van der Waals surface area contributed by atoms with Crippen molar-refractivity contribution in [3.63, 3.8) is 0 Å². The summed E-state index contributed by atoms with van der Waals surface area (Å²) in [4.78, 5) is 33.3. The Hall–Kier alpha value is -2.44. The first-order chi connectivity index (χ1) is 9.69. The lowest BCUT2D eigenvalue weighted by Crippen LogP contribution is -2.29. The minimum Gasteiger partial charge on any atom is -0.460 e. The minimum atomic E-state index is -0.572. The predicted molar refractivity (Wildman–Crippen MR) is 75.9 cm³/mol. The number of rotatable bonds is 5. The number of hydrogen-bond acceptors (Lipinski definition) is 5. The van der Waals surface area contributed by atoms with Crippen LogP contribution in [0.15, 0.2) is 24.3 Å². The van der Waals surface area contributed by atoms with Crippen molar-refractivity contribution in [2.75, 3.05) is 6.54 Å². The van der Waals surface area contributed by atoms with Gasteiger partial charge in [-0.1, -0.05) is 6.07 Å². The number of benzene rings is 1. The zero-order chi connectivity index (χ0) is 16.0. The molecule has 0 radical (unpaired) electrons. The molecule has 7 heteroatoms. The van der Waals surface area contributed by atoms with Gasteiger partial charge < -0.3 is 10.1 Å². The maximum absolute atomic E-state index is 11.8. The smallest absolute Gasteiger partial charge is 0.308 e. The Morgan fingerprint density at radius 3 is 2.57 bits per heavy atom. The second-order valence-electron chi connectivity index (χ2n) is 5.40. The maximum atomic E-state index is 11.8. The minimum absolute atomic E-state index is 0.0396. The Kier molecular flexibility index (Phi) is 5.40. The van der Waals surface area contributed by atoms with E-state index >= 15 is 0 Å². The molecule has 1 N–H and O–H groups in total. The number of carbonyl (C=O) groups excluding carboxylic acids is 2. The number of nitrogens with one attached hydrogen (secondary N) is 1. The molecule has 0 aliphatic rings. The lowest BCUT2D eigenvalue weighted by atomic mass is 10.2. The van der Waals surface area contributed by atoms with E-state index in [9.17, 15) is 19.7 Å². The molecule has 0 atom stereocenters. The molecular weight excluding hydrogens is 276 g/mol. The molecule has 1 aromatic carbocycles. The zero-order valence-electron chi connectivity index (χ0n) is 12.2. The number of amides is 1. The third-order valence-corrected chi connectivity index (χ3v) is 2.35. The van der Waals surface area contributed by atoms with Crippen LogP contribution in [-0.2, 0) is 9.53 Å². The molecule has 1 rings (SSSR count). The Labute approximate surface area is 122 Å². The van der Waals surface area contributed by atoms with Gasteiger partial charge in [-0.3, -0.25) is 19.7 Å². The fraction of sp³-hybridized carbons (Fsp3) is 0.429. The third-order valence-electron chi connectivity index (χ3n) is 2.35. The summed E-state index contributed by atoms with van der Waals surface area (Å²) in [5.41, 5.74) is -0.551. The average molecular weight is 294 g/mol. The van der Waals surface area contributed by atoms with Gasteiger partial charge in [-0.25, -0.2) is 0 Å². The molecule has 1 amide bonds. The molecule has 0 aromatic heterocycles. The number of non-ortho nitro benzene ring substituents is 1. The topological polar surface area (TPSA) is 98.5 Å². The van der Waals surface area contributed by atoms with Gasteiger partial charge >= 0.3 is 5.97 Å². The fourth-order valence-corrected chi connectivity index (χ4v) is 1.53. The van der Waals surface area contributed by atoms with Crippen LogP contribution in [0, 0.1) is 10.1 Å². The maximum Gasteiger partial charge on any atom is 0.308 e. The van der Waals surface area contributed by atoms with Gasteiger partial charge in [0.25, 0.3) is 11.6 Å². The molecular formula is C14H18N2O5. The highest BCUT2D eigenvalue weighted by atomic mass is 16.6. The monoisotopic (exact) mass is 294 g/mol. The summed E-state index contributed by atoms with van der Waals surface area (Å²) in [6.45, 7) is 5.38. The van der Waals surface area contributed by atoms with Crippen molar-refractivity contribution < 1.29 is 19.2 Å². The highest BCUT2D eigenvalue weighted by Crippen LogP contribution is 2.13. The van der Waals surface area contributed by atoms with Crippen molar-refractivity contribution in [2.45, 2.75) is 32.8 Å². The van der Waals surface area contributed by atoms with Gasteiger partial charge in [-0.05, 0) is 26.8 Å². The van der Waals surface area contributed by atoms with Gasteiger partial charge in [-0.15, -0.1) is 0 Å². The highest BCUT2D eigenvalue weighted by molar-refractivity contribution is 5.94. The Morgan fingerprint density at radius 1 is 1.33 bits per heavy atom. The fourth-order valence-electron chi connectivity index (χ4n) is 1.53. The van der Waals surface area contributed by atoms with Crippen molar-refractivity contribution in [3.05, 3.63) is 39.9 Å². The van der Waals surface area contributed by atoms with Crippen LogP contribution in [-0.4, -0.2) is 28.9 Å². The van der Waals surface area contributed by atoms with E-state index in [0.29, 0.717) is 0 Å². The number of carbonyl (C=O) groups is 2. The molecule has 1 aromatic rings. The number of nitro groups is 1. The van der Waals surface area contributed by atoms with Crippen LogP contribution >= 0.6 is 0 Å². The summed E-state index contributed by atoms with van der Waals surface area (Å²) in [5, 5.41) is 13.1. The zero-order valence-corrected chi connectivity index (χ0v) is 12.2. The number of esters is 1. The van der Waals surface area contributed by atoms with E-state index in [1.165, 1.54) is 24.3 Å². The van der Waals surface area contributed by atoms with Gasteiger partial charge in [0.15, 0.2) is 0 Å². The van der Waals surface area contributed by atoms with Crippen LogP contribution in [0.2, 0.25) is 0 Å². The van der Waals surface area contributed by atoms with Crippen LogP contribution in [0.4, 0.5) is 5.69 Å². The first kappa shape index (κ1) is 16.6.